The number of rotatable bonds is 8. The van der Waals surface area contributed by atoms with Crippen LogP contribution in [0.3, 0.4) is 0 Å². The molecule has 0 saturated carbocycles. The van der Waals surface area contributed by atoms with E-state index >= 15 is 0 Å². The fraction of sp³-hybridized carbons (Fsp3) is 0.409. The lowest BCUT2D eigenvalue weighted by atomic mass is 10.1. The van der Waals surface area contributed by atoms with Crippen molar-refractivity contribution in [2.75, 3.05) is 45.9 Å². The van der Waals surface area contributed by atoms with Gasteiger partial charge in [0.1, 0.15) is 0 Å². The van der Waals surface area contributed by atoms with Crippen molar-refractivity contribution in [2.45, 2.75) is 13.0 Å². The smallest absolute Gasteiger partial charge is 0.169 e. The third-order valence-electron chi connectivity index (χ3n) is 4.82. The summed E-state index contributed by atoms with van der Waals surface area (Å²) < 4.78 is 5.41. The Balaban J connectivity index is 1.53. The normalized spacial score (nSPS) is 14.7. The molecule has 1 saturated heterocycles. The van der Waals surface area contributed by atoms with Crippen molar-refractivity contribution in [1.82, 2.24) is 15.1 Å². The minimum Gasteiger partial charge on any atom is -0.379 e. The van der Waals surface area contributed by atoms with Crippen molar-refractivity contribution in [1.29, 1.82) is 0 Å². The lowest BCUT2D eigenvalue weighted by Crippen LogP contribution is -2.45. The fourth-order valence-corrected chi connectivity index (χ4v) is 3.48. The van der Waals surface area contributed by atoms with E-state index in [1.165, 1.54) is 11.1 Å². The van der Waals surface area contributed by atoms with Crippen LogP contribution in [0.1, 0.15) is 11.1 Å². The summed E-state index contributed by atoms with van der Waals surface area (Å²) in [5.41, 5.74) is 2.62. The lowest BCUT2D eigenvalue weighted by Gasteiger charge is -2.29. The van der Waals surface area contributed by atoms with Crippen LogP contribution in [0.4, 0.5) is 0 Å². The molecule has 1 heterocycles. The van der Waals surface area contributed by atoms with Gasteiger partial charge in [-0.1, -0.05) is 60.7 Å². The summed E-state index contributed by atoms with van der Waals surface area (Å²) in [6, 6.07) is 21.1. The summed E-state index contributed by atoms with van der Waals surface area (Å²) in [6.45, 7) is 7.30. The summed E-state index contributed by atoms with van der Waals surface area (Å²) in [5.74, 6) is 0. The van der Waals surface area contributed by atoms with Crippen LogP contribution >= 0.6 is 12.2 Å². The average Bonchev–Trinajstić information content (AvgIpc) is 2.73. The zero-order valence-electron chi connectivity index (χ0n) is 15.8. The molecule has 1 N–H and O–H groups in total. The first kappa shape index (κ1) is 19.8. The second-order valence-electron chi connectivity index (χ2n) is 6.83. The van der Waals surface area contributed by atoms with E-state index in [4.69, 9.17) is 17.0 Å². The van der Waals surface area contributed by atoms with Crippen LogP contribution in [0.25, 0.3) is 0 Å². The number of morpholine rings is 1. The largest absolute Gasteiger partial charge is 0.379 e. The van der Waals surface area contributed by atoms with Crippen LogP contribution in [0.2, 0.25) is 0 Å². The molecule has 0 bridgehead atoms. The van der Waals surface area contributed by atoms with E-state index in [-0.39, 0.29) is 0 Å². The maximum Gasteiger partial charge on any atom is 0.169 e. The van der Waals surface area contributed by atoms with E-state index in [0.717, 1.165) is 64.0 Å². The van der Waals surface area contributed by atoms with Gasteiger partial charge in [0.05, 0.1) is 13.2 Å². The predicted molar refractivity (Wildman–Crippen MR) is 115 cm³/mol. The zero-order valence-corrected chi connectivity index (χ0v) is 16.7. The first-order valence-corrected chi connectivity index (χ1v) is 10.1. The maximum atomic E-state index is 5.73. The van der Waals surface area contributed by atoms with E-state index in [1.807, 2.05) is 0 Å². The Hall–Kier alpha value is -1.95. The second-order valence-corrected chi connectivity index (χ2v) is 7.22. The molecular formula is C22H29N3OS. The molecule has 0 amide bonds. The van der Waals surface area contributed by atoms with Gasteiger partial charge in [0.25, 0.3) is 0 Å². The first-order valence-electron chi connectivity index (χ1n) is 9.72. The van der Waals surface area contributed by atoms with Crippen LogP contribution in [0, 0.1) is 0 Å². The van der Waals surface area contributed by atoms with Crippen LogP contribution < -0.4 is 5.32 Å². The quantitative estimate of drug-likeness (QED) is 0.708. The summed E-state index contributed by atoms with van der Waals surface area (Å²) in [7, 11) is 0. The van der Waals surface area contributed by atoms with Crippen molar-refractivity contribution in [3.63, 3.8) is 0 Å². The van der Waals surface area contributed by atoms with Gasteiger partial charge in [-0.05, 0) is 29.8 Å². The number of hydrogen-bond acceptors (Lipinski definition) is 3. The first-order chi connectivity index (χ1) is 13.3. The Kier molecular flexibility index (Phi) is 8.08. The van der Waals surface area contributed by atoms with Gasteiger partial charge in [-0.3, -0.25) is 4.90 Å². The molecule has 1 fully saturated rings. The molecule has 0 spiro atoms. The Morgan fingerprint density at radius 1 is 0.963 bits per heavy atom. The van der Waals surface area contributed by atoms with E-state index in [0.29, 0.717) is 0 Å². The van der Waals surface area contributed by atoms with Gasteiger partial charge in [0.2, 0.25) is 0 Å². The number of ether oxygens (including phenoxy) is 1. The minimum atomic E-state index is 0.830. The van der Waals surface area contributed by atoms with Crippen molar-refractivity contribution in [3.8, 4) is 0 Å². The van der Waals surface area contributed by atoms with E-state index in [9.17, 15) is 0 Å². The third-order valence-corrected chi connectivity index (χ3v) is 5.23. The molecule has 2 aromatic carbocycles. The van der Waals surface area contributed by atoms with Crippen LogP contribution in [-0.2, 0) is 17.7 Å². The van der Waals surface area contributed by atoms with Crippen LogP contribution in [0.15, 0.2) is 60.7 Å². The number of benzene rings is 2. The predicted octanol–water partition coefficient (Wildman–Crippen LogP) is 2.94. The molecule has 2 aromatic rings. The number of nitrogens with one attached hydrogen (secondary N) is 1. The molecular weight excluding hydrogens is 354 g/mol. The average molecular weight is 384 g/mol. The van der Waals surface area contributed by atoms with Crippen molar-refractivity contribution < 1.29 is 4.74 Å². The van der Waals surface area contributed by atoms with Crippen molar-refractivity contribution in [3.05, 3.63) is 71.8 Å². The standard InChI is InChI=1S/C22H29N3OS/c27-22(23-12-14-24-15-17-26-18-16-24)25(19-21-9-5-2-6-10-21)13-11-20-7-3-1-4-8-20/h1-10H,11-19H2,(H,23,27). The summed E-state index contributed by atoms with van der Waals surface area (Å²) in [5, 5.41) is 4.30. The Morgan fingerprint density at radius 3 is 2.26 bits per heavy atom. The Morgan fingerprint density at radius 2 is 1.59 bits per heavy atom. The SMILES string of the molecule is S=C(NCCN1CCOCC1)N(CCc1ccccc1)Cc1ccccc1. The molecule has 27 heavy (non-hydrogen) atoms. The molecule has 4 nitrogen and oxygen atoms in total. The molecule has 5 heteroatoms. The van der Waals surface area contributed by atoms with Gasteiger partial charge in [-0.15, -0.1) is 0 Å². The summed E-state index contributed by atoms with van der Waals surface area (Å²) in [4.78, 5) is 4.70. The maximum absolute atomic E-state index is 5.73. The molecule has 1 aliphatic heterocycles. The second kappa shape index (κ2) is 11.0. The zero-order chi connectivity index (χ0) is 18.7. The highest BCUT2D eigenvalue weighted by Crippen LogP contribution is 2.08. The molecule has 0 unspecified atom stereocenters. The molecule has 0 radical (unpaired) electrons. The molecule has 0 atom stereocenters. The van der Waals surface area contributed by atoms with Gasteiger partial charge < -0.3 is 15.0 Å². The van der Waals surface area contributed by atoms with Gasteiger partial charge in [-0.2, -0.15) is 0 Å². The van der Waals surface area contributed by atoms with E-state index < -0.39 is 0 Å². The third kappa shape index (κ3) is 6.94. The molecule has 1 aliphatic rings. The van der Waals surface area contributed by atoms with Gasteiger partial charge in [0, 0.05) is 39.3 Å². The molecule has 3 rings (SSSR count). The number of thiocarbonyl (C=S) groups is 1. The molecule has 0 aliphatic carbocycles. The summed E-state index contributed by atoms with van der Waals surface area (Å²) >= 11 is 5.73. The van der Waals surface area contributed by atoms with Gasteiger partial charge >= 0.3 is 0 Å². The van der Waals surface area contributed by atoms with Gasteiger partial charge in [0.15, 0.2) is 5.11 Å². The monoisotopic (exact) mass is 383 g/mol. The number of hydrogen-bond donors (Lipinski definition) is 1. The Bertz CT molecular complexity index is 674. The van der Waals surface area contributed by atoms with Crippen molar-refractivity contribution >= 4 is 17.3 Å². The summed E-state index contributed by atoms with van der Waals surface area (Å²) in [6.07, 6.45) is 0.985. The molecule has 144 valence electrons. The van der Waals surface area contributed by atoms with Gasteiger partial charge in [-0.25, -0.2) is 0 Å². The lowest BCUT2D eigenvalue weighted by molar-refractivity contribution is 0.0388. The highest BCUT2D eigenvalue weighted by Gasteiger charge is 2.13. The van der Waals surface area contributed by atoms with Crippen LogP contribution in [0.5, 0.6) is 0 Å². The topological polar surface area (TPSA) is 27.7 Å². The fourth-order valence-electron chi connectivity index (χ4n) is 3.22. The van der Waals surface area contributed by atoms with E-state index in [2.05, 4.69) is 75.8 Å². The highest BCUT2D eigenvalue weighted by atomic mass is 32.1. The van der Waals surface area contributed by atoms with Crippen LogP contribution in [-0.4, -0.2) is 60.8 Å². The minimum absolute atomic E-state index is 0.830. The molecule has 0 aromatic heterocycles. The van der Waals surface area contributed by atoms with E-state index in [1.54, 1.807) is 0 Å². The Labute approximate surface area is 168 Å². The number of nitrogens with zero attached hydrogens (tertiary/aromatic N) is 2. The highest BCUT2D eigenvalue weighted by molar-refractivity contribution is 7.80. The van der Waals surface area contributed by atoms with Crippen molar-refractivity contribution in [2.24, 2.45) is 0 Å².